The smallest absolute Gasteiger partial charge is 0.302 e. The van der Waals surface area contributed by atoms with E-state index >= 15 is 0 Å². The molecule has 1 heterocycles. The van der Waals surface area contributed by atoms with Crippen LogP contribution in [0.4, 0.5) is 0 Å². The molecule has 0 N–H and O–H groups in total. The van der Waals surface area contributed by atoms with Gasteiger partial charge >= 0.3 is 5.97 Å². The molecule has 88 valence electrons. The molecular formula is C12H22O3. The molecule has 1 aliphatic rings. The number of hydrogen-bond donors (Lipinski definition) is 0. The van der Waals surface area contributed by atoms with Crippen molar-refractivity contribution in [2.24, 2.45) is 5.92 Å². The molecule has 0 radical (unpaired) electrons. The number of hydrogen-bond acceptors (Lipinski definition) is 3. The first kappa shape index (κ1) is 12.5. The highest BCUT2D eigenvalue weighted by molar-refractivity contribution is 5.65. The lowest BCUT2D eigenvalue weighted by atomic mass is 9.86. The van der Waals surface area contributed by atoms with E-state index in [-0.39, 0.29) is 11.6 Å². The van der Waals surface area contributed by atoms with E-state index in [1.165, 1.54) is 19.8 Å². The largest absolute Gasteiger partial charge is 0.463 e. The second kappa shape index (κ2) is 5.50. The molecule has 0 aromatic carbocycles. The lowest BCUT2D eigenvalue weighted by molar-refractivity contribution is -0.164. The van der Waals surface area contributed by atoms with Crippen LogP contribution in [0.2, 0.25) is 0 Å². The van der Waals surface area contributed by atoms with Crippen LogP contribution in [0.25, 0.3) is 0 Å². The summed E-state index contributed by atoms with van der Waals surface area (Å²) in [5, 5.41) is 0. The highest BCUT2D eigenvalue weighted by Crippen LogP contribution is 2.32. The van der Waals surface area contributed by atoms with Crippen LogP contribution in [0.1, 0.15) is 46.5 Å². The van der Waals surface area contributed by atoms with Gasteiger partial charge in [0.05, 0.1) is 6.61 Å². The van der Waals surface area contributed by atoms with Gasteiger partial charge in [-0.2, -0.15) is 0 Å². The van der Waals surface area contributed by atoms with E-state index in [0.29, 0.717) is 12.5 Å². The zero-order valence-corrected chi connectivity index (χ0v) is 10.0. The Morgan fingerprint density at radius 2 is 2.27 bits per heavy atom. The van der Waals surface area contributed by atoms with Crippen molar-refractivity contribution in [1.82, 2.24) is 0 Å². The van der Waals surface area contributed by atoms with Crippen LogP contribution in [0, 0.1) is 5.92 Å². The first-order valence-electron chi connectivity index (χ1n) is 5.89. The summed E-state index contributed by atoms with van der Waals surface area (Å²) in [6.45, 7) is 6.96. The van der Waals surface area contributed by atoms with Gasteiger partial charge in [-0.15, -0.1) is 0 Å². The van der Waals surface area contributed by atoms with Crippen molar-refractivity contribution in [3.05, 3.63) is 0 Å². The fourth-order valence-electron chi connectivity index (χ4n) is 1.97. The SMILES string of the molecule is CCC1CCC(CC)(COC(C)=O)OC1. The zero-order valence-electron chi connectivity index (χ0n) is 10.0. The van der Waals surface area contributed by atoms with Gasteiger partial charge in [0.1, 0.15) is 12.2 Å². The summed E-state index contributed by atoms with van der Waals surface area (Å²) in [6, 6.07) is 0. The predicted molar refractivity (Wildman–Crippen MR) is 58.6 cm³/mol. The van der Waals surface area contributed by atoms with E-state index in [1.54, 1.807) is 0 Å². The molecule has 1 aliphatic heterocycles. The molecule has 15 heavy (non-hydrogen) atoms. The lowest BCUT2D eigenvalue weighted by Gasteiger charge is -2.39. The second-order valence-corrected chi connectivity index (χ2v) is 4.44. The molecule has 2 unspecified atom stereocenters. The van der Waals surface area contributed by atoms with Gasteiger partial charge < -0.3 is 9.47 Å². The second-order valence-electron chi connectivity index (χ2n) is 4.44. The number of ether oxygens (including phenoxy) is 2. The molecule has 1 saturated heterocycles. The molecule has 3 heteroatoms. The van der Waals surface area contributed by atoms with Crippen molar-refractivity contribution in [3.8, 4) is 0 Å². The fourth-order valence-corrected chi connectivity index (χ4v) is 1.97. The summed E-state index contributed by atoms with van der Waals surface area (Å²) in [4.78, 5) is 10.8. The van der Waals surface area contributed by atoms with E-state index in [4.69, 9.17) is 9.47 Å². The third-order valence-electron chi connectivity index (χ3n) is 3.39. The highest BCUT2D eigenvalue weighted by Gasteiger charge is 2.35. The van der Waals surface area contributed by atoms with E-state index in [0.717, 1.165) is 19.4 Å². The van der Waals surface area contributed by atoms with E-state index in [2.05, 4.69) is 13.8 Å². The molecular weight excluding hydrogens is 192 g/mol. The molecule has 1 rings (SSSR count). The molecule has 0 amide bonds. The average molecular weight is 214 g/mol. The van der Waals surface area contributed by atoms with E-state index in [9.17, 15) is 4.79 Å². The van der Waals surface area contributed by atoms with Crippen LogP contribution < -0.4 is 0 Å². The molecule has 3 nitrogen and oxygen atoms in total. The Balaban J connectivity index is 2.44. The predicted octanol–water partition coefficient (Wildman–Crippen LogP) is 2.53. The number of carbonyl (C=O) groups excluding carboxylic acids is 1. The van der Waals surface area contributed by atoms with Gasteiger partial charge in [-0.3, -0.25) is 4.79 Å². The summed E-state index contributed by atoms with van der Waals surface area (Å²) in [6.07, 6.45) is 4.28. The first-order valence-corrected chi connectivity index (χ1v) is 5.89. The Kier molecular flexibility index (Phi) is 4.58. The van der Waals surface area contributed by atoms with Gasteiger partial charge in [0, 0.05) is 6.92 Å². The molecule has 2 atom stereocenters. The van der Waals surface area contributed by atoms with Crippen LogP contribution in [0.15, 0.2) is 0 Å². The van der Waals surface area contributed by atoms with Crippen LogP contribution in [-0.4, -0.2) is 24.8 Å². The van der Waals surface area contributed by atoms with Crippen LogP contribution in [-0.2, 0) is 14.3 Å². The van der Waals surface area contributed by atoms with Gasteiger partial charge in [-0.1, -0.05) is 20.3 Å². The Labute approximate surface area is 92.1 Å². The number of rotatable bonds is 4. The van der Waals surface area contributed by atoms with Gasteiger partial charge in [0.25, 0.3) is 0 Å². The molecule has 0 aromatic heterocycles. The fraction of sp³-hybridized carbons (Fsp3) is 0.917. The summed E-state index contributed by atoms with van der Waals surface area (Å²) >= 11 is 0. The lowest BCUT2D eigenvalue weighted by Crippen LogP contribution is -2.43. The minimum Gasteiger partial charge on any atom is -0.463 e. The third kappa shape index (κ3) is 3.49. The molecule has 0 aromatic rings. The molecule has 0 spiro atoms. The quantitative estimate of drug-likeness (QED) is 0.675. The van der Waals surface area contributed by atoms with E-state index < -0.39 is 0 Å². The maximum absolute atomic E-state index is 10.8. The van der Waals surface area contributed by atoms with Crippen molar-refractivity contribution in [3.63, 3.8) is 0 Å². The van der Waals surface area contributed by atoms with Crippen molar-refractivity contribution >= 4 is 5.97 Å². The minimum atomic E-state index is -0.218. The average Bonchev–Trinajstić information content (AvgIpc) is 2.27. The van der Waals surface area contributed by atoms with E-state index in [1.807, 2.05) is 0 Å². The Bertz CT molecular complexity index is 205. The summed E-state index contributed by atoms with van der Waals surface area (Å²) in [7, 11) is 0. The zero-order chi connectivity index (χ0) is 11.3. The molecule has 0 saturated carbocycles. The monoisotopic (exact) mass is 214 g/mol. The maximum atomic E-state index is 10.8. The summed E-state index contributed by atoms with van der Waals surface area (Å²) in [5.41, 5.74) is -0.211. The van der Waals surface area contributed by atoms with Gasteiger partial charge in [-0.05, 0) is 25.2 Å². The minimum absolute atomic E-state index is 0.211. The van der Waals surface area contributed by atoms with Crippen LogP contribution in [0.3, 0.4) is 0 Å². The third-order valence-corrected chi connectivity index (χ3v) is 3.39. The van der Waals surface area contributed by atoms with Gasteiger partial charge in [-0.25, -0.2) is 0 Å². The molecule has 0 bridgehead atoms. The summed E-state index contributed by atoms with van der Waals surface area (Å²) in [5.74, 6) is 0.464. The van der Waals surface area contributed by atoms with Crippen LogP contribution >= 0.6 is 0 Å². The Hall–Kier alpha value is -0.570. The summed E-state index contributed by atoms with van der Waals surface area (Å²) < 4.78 is 11.0. The van der Waals surface area contributed by atoms with Crippen molar-refractivity contribution in [2.45, 2.75) is 52.1 Å². The maximum Gasteiger partial charge on any atom is 0.302 e. The Morgan fingerprint density at radius 3 is 2.67 bits per heavy atom. The highest BCUT2D eigenvalue weighted by atomic mass is 16.6. The Morgan fingerprint density at radius 1 is 1.53 bits per heavy atom. The van der Waals surface area contributed by atoms with Crippen molar-refractivity contribution < 1.29 is 14.3 Å². The van der Waals surface area contributed by atoms with Crippen molar-refractivity contribution in [1.29, 1.82) is 0 Å². The van der Waals surface area contributed by atoms with Gasteiger partial charge in [0.15, 0.2) is 0 Å². The standard InChI is InChI=1S/C12H22O3/c1-4-11-6-7-12(5-2,15-8-11)9-14-10(3)13/h11H,4-9H2,1-3H3. The molecule has 0 aliphatic carbocycles. The normalized spacial score (nSPS) is 31.3. The number of esters is 1. The number of carbonyl (C=O) groups is 1. The van der Waals surface area contributed by atoms with Gasteiger partial charge in [0.2, 0.25) is 0 Å². The topological polar surface area (TPSA) is 35.5 Å². The van der Waals surface area contributed by atoms with Crippen molar-refractivity contribution in [2.75, 3.05) is 13.2 Å². The van der Waals surface area contributed by atoms with Crippen LogP contribution in [0.5, 0.6) is 0 Å². The first-order chi connectivity index (χ1) is 7.12. The molecule has 1 fully saturated rings.